The van der Waals surface area contributed by atoms with Gasteiger partial charge in [-0.15, -0.1) is 0 Å². The van der Waals surface area contributed by atoms with Crippen LogP contribution in [0.2, 0.25) is 0 Å². The van der Waals surface area contributed by atoms with Crippen molar-refractivity contribution in [2.24, 2.45) is 0 Å². The number of nitrogens with two attached hydrogens (primary N) is 1. The minimum atomic E-state index is -0.349. The van der Waals surface area contributed by atoms with Crippen LogP contribution in [0.3, 0.4) is 0 Å². The highest BCUT2D eigenvalue weighted by molar-refractivity contribution is 9.10. The van der Waals surface area contributed by atoms with Crippen LogP contribution in [0.25, 0.3) is 22.3 Å². The van der Waals surface area contributed by atoms with Crippen molar-refractivity contribution < 1.29 is 0 Å². The van der Waals surface area contributed by atoms with E-state index in [1.54, 1.807) is 0 Å². The van der Waals surface area contributed by atoms with E-state index < -0.39 is 0 Å². The van der Waals surface area contributed by atoms with Crippen LogP contribution in [-0.4, -0.2) is 0 Å². The van der Waals surface area contributed by atoms with E-state index in [2.05, 4.69) is 168 Å². The van der Waals surface area contributed by atoms with Crippen LogP contribution in [0.1, 0.15) is 22.3 Å². The molecule has 6 rings (SSSR count). The van der Waals surface area contributed by atoms with E-state index in [1.807, 2.05) is 6.07 Å². The van der Waals surface area contributed by atoms with Gasteiger partial charge in [-0.3, -0.25) is 0 Å². The summed E-state index contributed by atoms with van der Waals surface area (Å²) in [5, 5.41) is 0. The number of hydrogen-bond donors (Lipinski definition) is 1. The molecule has 0 heterocycles. The Balaban J connectivity index is 1.52. The molecule has 0 aliphatic carbocycles. The highest BCUT2D eigenvalue weighted by Gasteiger charge is 2.36. The molecule has 0 spiro atoms. The van der Waals surface area contributed by atoms with Crippen molar-refractivity contribution in [3.8, 4) is 22.3 Å². The molecular weight excluding hydrogens is 550 g/mol. The van der Waals surface area contributed by atoms with Crippen molar-refractivity contribution in [1.82, 2.24) is 0 Å². The minimum Gasteiger partial charge on any atom is -0.399 e. The Hall–Kier alpha value is -4.40. The normalized spacial score (nSPS) is 11.3. The second-order valence-corrected chi connectivity index (χ2v) is 11.1. The summed E-state index contributed by atoms with van der Waals surface area (Å²) >= 11 is 3.56. The smallest absolute Gasteiger partial charge is 0.0491 e. The number of halogens is 1. The monoisotopic (exact) mass is 579 g/mol. The number of benzene rings is 6. The molecule has 0 saturated carbocycles. The summed E-state index contributed by atoms with van der Waals surface area (Å²) in [5.41, 5.74) is 16.4. The van der Waals surface area contributed by atoms with Crippen molar-refractivity contribution >= 4 is 21.6 Å². The van der Waals surface area contributed by atoms with Crippen LogP contribution >= 0.6 is 15.9 Å². The van der Waals surface area contributed by atoms with Crippen molar-refractivity contribution in [2.45, 2.75) is 11.8 Å². The summed E-state index contributed by atoms with van der Waals surface area (Å²) in [4.78, 5) is 0. The van der Waals surface area contributed by atoms with Crippen molar-refractivity contribution in [1.29, 1.82) is 0 Å². The van der Waals surface area contributed by atoms with Crippen molar-refractivity contribution in [3.05, 3.63) is 184 Å². The zero-order valence-corrected chi connectivity index (χ0v) is 23.8. The molecule has 6 aromatic carbocycles. The zero-order valence-electron chi connectivity index (χ0n) is 22.2. The van der Waals surface area contributed by atoms with Crippen LogP contribution < -0.4 is 5.73 Å². The summed E-state index contributed by atoms with van der Waals surface area (Å²) in [6, 6.07) is 56.3. The molecule has 194 valence electrons. The molecule has 6 aromatic rings. The summed E-state index contributed by atoms with van der Waals surface area (Å²) in [7, 11) is 0. The van der Waals surface area contributed by atoms with Gasteiger partial charge in [-0.25, -0.2) is 0 Å². The van der Waals surface area contributed by atoms with Gasteiger partial charge in [0.25, 0.3) is 0 Å². The molecule has 0 radical (unpaired) electrons. The first-order valence-corrected chi connectivity index (χ1v) is 14.3. The van der Waals surface area contributed by atoms with Gasteiger partial charge in [0.05, 0.1) is 0 Å². The van der Waals surface area contributed by atoms with Gasteiger partial charge in [-0.2, -0.15) is 0 Å². The van der Waals surface area contributed by atoms with Gasteiger partial charge in [0, 0.05) is 15.6 Å². The Labute approximate surface area is 245 Å². The topological polar surface area (TPSA) is 26.0 Å². The quantitative estimate of drug-likeness (QED) is 0.148. The Kier molecular flexibility index (Phi) is 7.35. The lowest BCUT2D eigenvalue weighted by Crippen LogP contribution is -2.32. The maximum Gasteiger partial charge on any atom is 0.0491 e. The van der Waals surface area contributed by atoms with E-state index in [0.717, 1.165) is 38.8 Å². The SMILES string of the molecule is Nc1ccc(-c2ccc(C(Cc3ccccc3)(c3ccccc3)c3ccccc3)cc2)c(-c2ccc(Br)cc2)c1. The van der Waals surface area contributed by atoms with Crippen LogP contribution in [0.4, 0.5) is 5.69 Å². The van der Waals surface area contributed by atoms with E-state index in [-0.39, 0.29) is 5.41 Å². The van der Waals surface area contributed by atoms with Crippen LogP contribution in [-0.2, 0) is 11.8 Å². The van der Waals surface area contributed by atoms with Crippen LogP contribution in [0.15, 0.2) is 162 Å². The van der Waals surface area contributed by atoms with Crippen molar-refractivity contribution in [3.63, 3.8) is 0 Å². The van der Waals surface area contributed by atoms with Gasteiger partial charge < -0.3 is 5.73 Å². The molecule has 0 amide bonds. The molecule has 0 aromatic heterocycles. The predicted octanol–water partition coefficient (Wildman–Crippen LogP) is 9.94. The number of anilines is 1. The predicted molar refractivity (Wildman–Crippen MR) is 172 cm³/mol. The summed E-state index contributed by atoms with van der Waals surface area (Å²) in [5.74, 6) is 0. The fourth-order valence-corrected chi connectivity index (χ4v) is 6.03. The molecule has 2 heteroatoms. The van der Waals surface area contributed by atoms with E-state index in [1.165, 1.54) is 22.3 Å². The molecule has 0 fully saturated rings. The highest BCUT2D eigenvalue weighted by atomic mass is 79.9. The molecule has 0 bridgehead atoms. The molecular formula is C38H30BrN. The van der Waals surface area contributed by atoms with Gasteiger partial charge in [-0.1, -0.05) is 149 Å². The molecule has 0 aliphatic heterocycles. The maximum atomic E-state index is 6.25. The van der Waals surface area contributed by atoms with Gasteiger partial charge in [-0.05, 0) is 75.2 Å². The lowest BCUT2D eigenvalue weighted by atomic mass is 9.66. The summed E-state index contributed by atoms with van der Waals surface area (Å²) < 4.78 is 1.06. The van der Waals surface area contributed by atoms with E-state index >= 15 is 0 Å². The third-order valence-corrected chi connectivity index (χ3v) is 8.26. The summed E-state index contributed by atoms with van der Waals surface area (Å²) in [6.45, 7) is 0. The number of rotatable bonds is 7. The third kappa shape index (κ3) is 5.11. The van der Waals surface area contributed by atoms with Crippen molar-refractivity contribution in [2.75, 3.05) is 5.73 Å². The zero-order chi connectivity index (χ0) is 27.4. The standard InChI is InChI=1S/C38H30BrN/c39-34-22-18-30(19-23-34)37-26-35(40)24-25-36(37)29-16-20-33(21-17-29)38(31-12-6-2-7-13-31,32-14-8-3-9-15-32)27-28-10-4-1-5-11-28/h1-26H,27,40H2. The minimum absolute atomic E-state index is 0.349. The Bertz CT molecular complexity index is 1650. The first kappa shape index (κ1) is 25.9. The molecule has 0 atom stereocenters. The molecule has 0 unspecified atom stereocenters. The fourth-order valence-electron chi connectivity index (χ4n) is 5.77. The summed E-state index contributed by atoms with van der Waals surface area (Å²) in [6.07, 6.45) is 0.854. The van der Waals surface area contributed by atoms with Gasteiger partial charge in [0.1, 0.15) is 0 Å². The van der Waals surface area contributed by atoms with Gasteiger partial charge in [0.15, 0.2) is 0 Å². The van der Waals surface area contributed by atoms with Gasteiger partial charge in [0.2, 0.25) is 0 Å². The average molecular weight is 581 g/mol. The number of hydrogen-bond acceptors (Lipinski definition) is 1. The lowest BCUT2D eigenvalue weighted by Gasteiger charge is -2.36. The first-order valence-electron chi connectivity index (χ1n) is 13.5. The average Bonchev–Trinajstić information content (AvgIpc) is 3.02. The second-order valence-electron chi connectivity index (χ2n) is 10.2. The Morgan fingerprint density at radius 3 is 1.52 bits per heavy atom. The van der Waals surface area contributed by atoms with Crippen LogP contribution in [0, 0.1) is 0 Å². The molecule has 0 saturated heterocycles. The molecule has 0 aliphatic rings. The Morgan fingerprint density at radius 2 is 0.950 bits per heavy atom. The number of nitrogen functional groups attached to an aromatic ring is 1. The van der Waals surface area contributed by atoms with E-state index in [9.17, 15) is 0 Å². The van der Waals surface area contributed by atoms with Gasteiger partial charge >= 0.3 is 0 Å². The van der Waals surface area contributed by atoms with E-state index in [4.69, 9.17) is 5.73 Å². The highest BCUT2D eigenvalue weighted by Crippen LogP contribution is 2.43. The Morgan fingerprint density at radius 1 is 0.475 bits per heavy atom. The maximum absolute atomic E-state index is 6.25. The molecule has 1 nitrogen and oxygen atoms in total. The molecule has 40 heavy (non-hydrogen) atoms. The molecule has 2 N–H and O–H groups in total. The lowest BCUT2D eigenvalue weighted by molar-refractivity contribution is 0.613. The largest absolute Gasteiger partial charge is 0.399 e. The van der Waals surface area contributed by atoms with E-state index in [0.29, 0.717) is 0 Å². The second kappa shape index (κ2) is 11.4. The third-order valence-electron chi connectivity index (χ3n) is 7.73. The first-order chi connectivity index (χ1) is 19.6. The fraction of sp³-hybridized carbons (Fsp3) is 0.0526. The van der Waals surface area contributed by atoms with Crippen LogP contribution in [0.5, 0.6) is 0 Å².